The third kappa shape index (κ3) is 8.71. The van der Waals surface area contributed by atoms with Gasteiger partial charge in [0.25, 0.3) is 0 Å². The largest absolute Gasteiger partial charge is 0.480 e. The molecule has 7 heteroatoms. The number of carboxylic acid groups (broad SMARTS) is 1. The number of anilines is 1. The Balaban J connectivity index is 1.36. The Morgan fingerprint density at radius 1 is 0.878 bits per heavy atom. The van der Waals surface area contributed by atoms with Gasteiger partial charge in [0.15, 0.2) is 5.78 Å². The molecule has 0 fully saturated rings. The van der Waals surface area contributed by atoms with Crippen LogP contribution in [-0.2, 0) is 22.6 Å². The number of para-hydroxylation sites is 1. The van der Waals surface area contributed by atoms with E-state index in [9.17, 15) is 19.5 Å². The number of thiophene rings is 1. The van der Waals surface area contributed by atoms with Crippen molar-refractivity contribution in [1.82, 2.24) is 5.32 Å². The molecule has 0 aliphatic heterocycles. The number of unbranched alkanes of at least 4 members (excludes halogenated alkanes) is 2. The number of carbonyl (C=O) groups excluding carboxylic acids is 2. The van der Waals surface area contributed by atoms with Gasteiger partial charge in [0.1, 0.15) is 11.8 Å². The zero-order chi connectivity index (χ0) is 29.0. The van der Waals surface area contributed by atoms with Gasteiger partial charge in [0.05, 0.1) is 6.54 Å². The van der Waals surface area contributed by atoms with Crippen LogP contribution in [0, 0.1) is 0 Å². The molecule has 4 aromatic rings. The fourth-order valence-corrected chi connectivity index (χ4v) is 5.48. The van der Waals surface area contributed by atoms with Crippen molar-refractivity contribution in [1.29, 1.82) is 0 Å². The zero-order valence-electron chi connectivity index (χ0n) is 23.3. The molecule has 0 radical (unpaired) electrons. The topological polar surface area (TPSA) is 95.5 Å². The van der Waals surface area contributed by atoms with Crippen LogP contribution in [0.5, 0.6) is 0 Å². The van der Waals surface area contributed by atoms with Gasteiger partial charge in [-0.15, -0.1) is 11.3 Å². The Kier molecular flexibility index (Phi) is 11.0. The molecule has 3 aromatic carbocycles. The molecule has 0 saturated carbocycles. The molecule has 0 aliphatic carbocycles. The average molecular weight is 569 g/mol. The van der Waals surface area contributed by atoms with E-state index in [1.54, 1.807) is 59.9 Å². The highest BCUT2D eigenvalue weighted by atomic mass is 32.1. The molecule has 1 heterocycles. The maximum atomic E-state index is 13.1. The van der Waals surface area contributed by atoms with E-state index in [1.165, 1.54) is 0 Å². The van der Waals surface area contributed by atoms with E-state index in [4.69, 9.17) is 0 Å². The van der Waals surface area contributed by atoms with Crippen LogP contribution in [0.4, 0.5) is 5.69 Å². The molecular formula is C34H36N2O4S. The van der Waals surface area contributed by atoms with Gasteiger partial charge >= 0.3 is 5.97 Å². The molecule has 0 amide bonds. The molecule has 0 saturated heterocycles. The second-order valence-electron chi connectivity index (χ2n) is 10.1. The maximum absolute atomic E-state index is 13.1. The van der Waals surface area contributed by atoms with E-state index in [0.29, 0.717) is 36.3 Å². The maximum Gasteiger partial charge on any atom is 0.326 e. The summed E-state index contributed by atoms with van der Waals surface area (Å²) in [6.45, 7) is 3.19. The Morgan fingerprint density at radius 2 is 1.61 bits per heavy atom. The van der Waals surface area contributed by atoms with Gasteiger partial charge in [0.2, 0.25) is 0 Å². The Morgan fingerprint density at radius 3 is 2.34 bits per heavy atom. The molecule has 41 heavy (non-hydrogen) atoms. The number of hydrogen-bond donors (Lipinski definition) is 3. The van der Waals surface area contributed by atoms with Crippen LogP contribution in [0.1, 0.15) is 59.0 Å². The number of ketones is 2. The van der Waals surface area contributed by atoms with E-state index in [-0.39, 0.29) is 18.0 Å². The lowest BCUT2D eigenvalue weighted by Crippen LogP contribution is -2.32. The van der Waals surface area contributed by atoms with Crippen LogP contribution < -0.4 is 10.6 Å². The molecular weight excluding hydrogens is 532 g/mol. The highest BCUT2D eigenvalue weighted by molar-refractivity contribution is 7.10. The van der Waals surface area contributed by atoms with Crippen molar-refractivity contribution in [2.75, 3.05) is 11.9 Å². The van der Waals surface area contributed by atoms with Crippen LogP contribution in [0.25, 0.3) is 11.1 Å². The third-order valence-electron chi connectivity index (χ3n) is 6.90. The van der Waals surface area contributed by atoms with Crippen LogP contribution in [-0.4, -0.2) is 35.2 Å². The van der Waals surface area contributed by atoms with Gasteiger partial charge in [-0.05, 0) is 46.7 Å². The van der Waals surface area contributed by atoms with Crippen LogP contribution in [0.15, 0.2) is 90.3 Å². The van der Waals surface area contributed by atoms with Gasteiger partial charge in [-0.25, -0.2) is 4.79 Å². The molecule has 1 aromatic heterocycles. The molecule has 0 unspecified atom stereocenters. The summed E-state index contributed by atoms with van der Waals surface area (Å²) >= 11 is 1.65. The van der Waals surface area contributed by atoms with Crippen LogP contribution >= 0.6 is 11.3 Å². The summed E-state index contributed by atoms with van der Waals surface area (Å²) in [6, 6.07) is 25.1. The number of Topliss-reactive ketones (excluding diaryl/α,β-unsaturated/α-hetero) is 1. The lowest BCUT2D eigenvalue weighted by atomic mass is 9.99. The standard InChI is InChI=1S/C34H36N2O4S/c1-2-3-5-12-28(37)21-35-22-29-20-27(23-41-29)25-17-15-24(16-18-25)19-32(34(39)40)36-31-14-9-8-13-30(31)33(38)26-10-6-4-7-11-26/h4,6-11,13-18,20,23,32,35-36H,2-3,5,12,19,21-22H2,1H3,(H,39,40)/t32-/m0/s1. The van der Waals surface area contributed by atoms with Crippen LogP contribution in [0.2, 0.25) is 0 Å². The fraction of sp³-hybridized carbons (Fsp3) is 0.265. The average Bonchev–Trinajstić information content (AvgIpc) is 3.46. The predicted molar refractivity (Wildman–Crippen MR) is 166 cm³/mol. The van der Waals surface area contributed by atoms with E-state index >= 15 is 0 Å². The van der Waals surface area contributed by atoms with Crippen molar-refractivity contribution in [3.05, 3.63) is 112 Å². The lowest BCUT2D eigenvalue weighted by Gasteiger charge is -2.18. The summed E-state index contributed by atoms with van der Waals surface area (Å²) in [4.78, 5) is 38.4. The molecule has 1 atom stereocenters. The van der Waals surface area contributed by atoms with Crippen molar-refractivity contribution in [3.63, 3.8) is 0 Å². The number of aliphatic carboxylic acids is 1. The minimum atomic E-state index is -0.991. The van der Waals surface area contributed by atoms with E-state index in [2.05, 4.69) is 29.0 Å². The smallest absolute Gasteiger partial charge is 0.326 e. The molecule has 6 nitrogen and oxygen atoms in total. The number of carbonyl (C=O) groups is 3. The molecule has 3 N–H and O–H groups in total. The van der Waals surface area contributed by atoms with Crippen molar-refractivity contribution in [3.8, 4) is 11.1 Å². The molecule has 0 spiro atoms. The highest BCUT2D eigenvalue weighted by Crippen LogP contribution is 2.27. The van der Waals surface area contributed by atoms with Crippen molar-refractivity contribution in [2.24, 2.45) is 0 Å². The van der Waals surface area contributed by atoms with Gasteiger partial charge in [0, 0.05) is 41.1 Å². The van der Waals surface area contributed by atoms with Gasteiger partial charge in [-0.2, -0.15) is 0 Å². The number of benzene rings is 3. The first kappa shape index (κ1) is 29.9. The van der Waals surface area contributed by atoms with Gasteiger partial charge < -0.3 is 15.7 Å². The Hall–Kier alpha value is -4.07. The normalized spacial score (nSPS) is 11.6. The van der Waals surface area contributed by atoms with Gasteiger partial charge in [-0.3, -0.25) is 9.59 Å². The monoisotopic (exact) mass is 568 g/mol. The number of hydrogen-bond acceptors (Lipinski definition) is 6. The Labute approximate surface area is 245 Å². The zero-order valence-corrected chi connectivity index (χ0v) is 24.1. The molecule has 4 rings (SSSR count). The second kappa shape index (κ2) is 15.1. The predicted octanol–water partition coefficient (Wildman–Crippen LogP) is 6.99. The summed E-state index contributed by atoms with van der Waals surface area (Å²) in [5.74, 6) is -0.896. The summed E-state index contributed by atoms with van der Waals surface area (Å²) in [7, 11) is 0. The van der Waals surface area contributed by atoms with Crippen molar-refractivity contribution < 1.29 is 19.5 Å². The van der Waals surface area contributed by atoms with Crippen molar-refractivity contribution >= 4 is 34.6 Å². The molecule has 0 aliphatic rings. The minimum Gasteiger partial charge on any atom is -0.480 e. The molecule has 0 bridgehead atoms. The van der Waals surface area contributed by atoms with Crippen LogP contribution in [0.3, 0.4) is 0 Å². The third-order valence-corrected chi connectivity index (χ3v) is 7.83. The summed E-state index contributed by atoms with van der Waals surface area (Å²) in [5, 5.41) is 18.4. The summed E-state index contributed by atoms with van der Waals surface area (Å²) < 4.78 is 0. The van der Waals surface area contributed by atoms with Gasteiger partial charge in [-0.1, -0.05) is 86.5 Å². The van der Waals surface area contributed by atoms with E-state index in [1.807, 2.05) is 30.3 Å². The quantitative estimate of drug-likeness (QED) is 0.0996. The SMILES string of the molecule is CCCCCC(=O)CNCc1cc(-c2ccc(C[C@H](Nc3ccccc3C(=O)c3ccccc3)C(=O)O)cc2)cs1. The van der Waals surface area contributed by atoms with E-state index in [0.717, 1.165) is 40.8 Å². The summed E-state index contributed by atoms with van der Waals surface area (Å²) in [5.41, 5.74) is 4.49. The number of nitrogens with one attached hydrogen (secondary N) is 2. The first-order chi connectivity index (χ1) is 19.9. The highest BCUT2D eigenvalue weighted by Gasteiger charge is 2.21. The second-order valence-corrected chi connectivity index (χ2v) is 11.1. The number of rotatable bonds is 16. The first-order valence-electron chi connectivity index (χ1n) is 14.0. The van der Waals surface area contributed by atoms with E-state index < -0.39 is 12.0 Å². The fourth-order valence-electron chi connectivity index (χ4n) is 4.62. The first-order valence-corrected chi connectivity index (χ1v) is 14.9. The Bertz CT molecular complexity index is 1450. The number of carboxylic acids is 1. The van der Waals surface area contributed by atoms with Crippen molar-refractivity contribution in [2.45, 2.75) is 51.6 Å². The lowest BCUT2D eigenvalue weighted by molar-refractivity contribution is -0.137. The summed E-state index contributed by atoms with van der Waals surface area (Å²) in [6.07, 6.45) is 4.06. The molecule has 212 valence electrons. The minimum absolute atomic E-state index is 0.161.